The van der Waals surface area contributed by atoms with E-state index in [1.165, 1.54) is 16.7 Å². The van der Waals surface area contributed by atoms with E-state index in [0.29, 0.717) is 12.3 Å². The topological polar surface area (TPSA) is 61.2 Å². The molecule has 0 saturated heterocycles. The maximum Gasteiger partial charge on any atom is 0.266 e. The van der Waals surface area contributed by atoms with Crippen LogP contribution < -0.4 is 5.32 Å². The SMILES string of the molecule is CCc1cc(CC)c(NCC(O)c2c[nH]c(=S)o2)c(CC)c1. The van der Waals surface area contributed by atoms with Gasteiger partial charge in [-0.3, -0.25) is 0 Å². The van der Waals surface area contributed by atoms with E-state index in [-0.39, 0.29) is 4.84 Å². The van der Waals surface area contributed by atoms with Gasteiger partial charge in [0.1, 0.15) is 6.10 Å². The Hall–Kier alpha value is -1.59. The van der Waals surface area contributed by atoms with Gasteiger partial charge in [0, 0.05) is 18.4 Å². The second kappa shape index (κ2) is 7.61. The second-order valence-corrected chi connectivity index (χ2v) is 5.70. The molecule has 3 N–H and O–H groups in total. The fraction of sp³-hybridized carbons (Fsp3) is 0.471. The van der Waals surface area contributed by atoms with Crippen LogP contribution in [0.5, 0.6) is 0 Å². The number of aliphatic hydroxyl groups excluding tert-OH is 1. The molecular weight excluding hydrogens is 296 g/mol. The number of hydrogen-bond acceptors (Lipinski definition) is 4. The van der Waals surface area contributed by atoms with Crippen molar-refractivity contribution in [2.75, 3.05) is 11.9 Å². The van der Waals surface area contributed by atoms with Crippen LogP contribution in [0.4, 0.5) is 5.69 Å². The van der Waals surface area contributed by atoms with Crippen molar-refractivity contribution in [3.63, 3.8) is 0 Å². The summed E-state index contributed by atoms with van der Waals surface area (Å²) in [7, 11) is 0. The highest BCUT2D eigenvalue weighted by molar-refractivity contribution is 7.71. The Morgan fingerprint density at radius 1 is 1.18 bits per heavy atom. The molecule has 0 saturated carbocycles. The molecule has 1 aromatic carbocycles. The summed E-state index contributed by atoms with van der Waals surface area (Å²) in [6.45, 7) is 6.87. The Kier molecular flexibility index (Phi) is 5.80. The van der Waals surface area contributed by atoms with Crippen molar-refractivity contribution in [3.05, 3.63) is 45.6 Å². The lowest BCUT2D eigenvalue weighted by Crippen LogP contribution is -2.14. The monoisotopic (exact) mass is 320 g/mol. The largest absolute Gasteiger partial charge is 0.432 e. The number of H-pyrrole nitrogens is 1. The Morgan fingerprint density at radius 3 is 2.27 bits per heavy atom. The highest BCUT2D eigenvalue weighted by Crippen LogP contribution is 2.26. The van der Waals surface area contributed by atoms with Gasteiger partial charge in [-0.05, 0) is 48.2 Å². The van der Waals surface area contributed by atoms with Gasteiger partial charge in [0.2, 0.25) is 0 Å². The Bertz CT molecular complexity index is 650. The summed E-state index contributed by atoms with van der Waals surface area (Å²) < 4.78 is 5.25. The smallest absolute Gasteiger partial charge is 0.266 e. The van der Waals surface area contributed by atoms with Gasteiger partial charge in [0.25, 0.3) is 4.84 Å². The van der Waals surface area contributed by atoms with Crippen molar-refractivity contribution in [2.24, 2.45) is 0 Å². The van der Waals surface area contributed by atoms with Crippen LogP contribution in [-0.2, 0) is 19.3 Å². The normalized spacial score (nSPS) is 12.4. The Morgan fingerprint density at radius 2 is 1.82 bits per heavy atom. The van der Waals surface area contributed by atoms with Crippen LogP contribution in [0, 0.1) is 4.84 Å². The van der Waals surface area contributed by atoms with Crippen molar-refractivity contribution in [1.82, 2.24) is 4.98 Å². The van der Waals surface area contributed by atoms with Crippen LogP contribution in [0.25, 0.3) is 0 Å². The minimum atomic E-state index is -0.729. The van der Waals surface area contributed by atoms with E-state index < -0.39 is 6.10 Å². The Balaban J connectivity index is 2.19. The van der Waals surface area contributed by atoms with Gasteiger partial charge in [0.15, 0.2) is 5.76 Å². The second-order valence-electron chi connectivity index (χ2n) is 5.33. The maximum absolute atomic E-state index is 10.2. The molecule has 120 valence electrons. The summed E-state index contributed by atoms with van der Waals surface area (Å²) >= 11 is 4.88. The molecule has 1 aromatic heterocycles. The van der Waals surface area contributed by atoms with Crippen LogP contribution >= 0.6 is 12.2 Å². The fourth-order valence-corrected chi connectivity index (χ4v) is 2.74. The molecular formula is C17H24N2O2S. The van der Waals surface area contributed by atoms with Crippen LogP contribution in [0.2, 0.25) is 0 Å². The predicted octanol–water partition coefficient (Wildman–Crippen LogP) is 4.17. The standard InChI is InChI=1S/C17H24N2O2S/c1-4-11-7-12(5-2)16(13(6-3)8-11)18-9-14(20)15-10-19-17(22)21-15/h7-8,10,14,18,20H,4-6,9H2,1-3H3,(H,19,22). The van der Waals surface area contributed by atoms with E-state index in [9.17, 15) is 5.11 Å². The van der Waals surface area contributed by atoms with E-state index in [1.54, 1.807) is 6.20 Å². The van der Waals surface area contributed by atoms with Crippen molar-refractivity contribution < 1.29 is 9.52 Å². The lowest BCUT2D eigenvalue weighted by molar-refractivity contribution is 0.161. The first kappa shape index (κ1) is 16.8. The number of oxazole rings is 1. The molecule has 0 amide bonds. The fourth-order valence-electron chi connectivity index (χ4n) is 2.59. The minimum absolute atomic E-state index is 0.282. The first-order chi connectivity index (χ1) is 10.6. The third-order valence-corrected chi connectivity index (χ3v) is 4.08. The summed E-state index contributed by atoms with van der Waals surface area (Å²) in [5, 5.41) is 13.6. The molecule has 4 nitrogen and oxygen atoms in total. The van der Waals surface area contributed by atoms with Crippen molar-refractivity contribution in [3.8, 4) is 0 Å². The number of hydrogen-bond donors (Lipinski definition) is 3. The maximum atomic E-state index is 10.2. The van der Waals surface area contributed by atoms with Crippen LogP contribution in [-0.4, -0.2) is 16.6 Å². The zero-order valence-electron chi connectivity index (χ0n) is 13.4. The molecule has 0 radical (unpaired) electrons. The van der Waals surface area contributed by atoms with Crippen LogP contribution in [0.15, 0.2) is 22.7 Å². The number of rotatable bonds is 7. The van der Waals surface area contributed by atoms with E-state index in [0.717, 1.165) is 24.9 Å². The number of benzene rings is 1. The predicted molar refractivity (Wildman–Crippen MR) is 91.9 cm³/mol. The van der Waals surface area contributed by atoms with Gasteiger partial charge in [0.05, 0.1) is 0 Å². The third-order valence-electron chi connectivity index (χ3n) is 3.87. The van der Waals surface area contributed by atoms with Crippen LogP contribution in [0.1, 0.15) is 49.3 Å². The van der Waals surface area contributed by atoms with Gasteiger partial charge in [-0.25, -0.2) is 0 Å². The summed E-state index contributed by atoms with van der Waals surface area (Å²) in [6, 6.07) is 4.49. The average Bonchev–Trinajstić information content (AvgIpc) is 2.98. The first-order valence-corrected chi connectivity index (χ1v) is 8.24. The zero-order chi connectivity index (χ0) is 16.1. The quantitative estimate of drug-likeness (QED) is 0.670. The molecule has 0 fully saturated rings. The molecule has 0 aliphatic heterocycles. The summed E-state index contributed by atoms with van der Waals surface area (Å²) in [5.74, 6) is 0.457. The number of nitrogens with one attached hydrogen (secondary N) is 2. The summed E-state index contributed by atoms with van der Waals surface area (Å²) in [6.07, 6.45) is 3.84. The molecule has 1 atom stereocenters. The average molecular weight is 320 g/mol. The lowest BCUT2D eigenvalue weighted by atomic mass is 9.98. The number of aromatic amines is 1. The van der Waals surface area contributed by atoms with Crippen molar-refractivity contribution in [1.29, 1.82) is 0 Å². The van der Waals surface area contributed by atoms with Crippen molar-refractivity contribution >= 4 is 17.9 Å². The van der Waals surface area contributed by atoms with E-state index in [2.05, 4.69) is 43.2 Å². The molecule has 0 bridgehead atoms. The highest BCUT2D eigenvalue weighted by atomic mass is 32.1. The van der Waals surface area contributed by atoms with Gasteiger partial charge in [-0.15, -0.1) is 0 Å². The zero-order valence-corrected chi connectivity index (χ0v) is 14.2. The van der Waals surface area contributed by atoms with Gasteiger partial charge in [-0.2, -0.15) is 0 Å². The van der Waals surface area contributed by atoms with Gasteiger partial charge in [-0.1, -0.05) is 32.9 Å². The van der Waals surface area contributed by atoms with E-state index >= 15 is 0 Å². The molecule has 0 aliphatic carbocycles. The summed E-state index contributed by atoms with van der Waals surface area (Å²) in [5.41, 5.74) is 5.07. The van der Waals surface area contributed by atoms with Crippen LogP contribution in [0.3, 0.4) is 0 Å². The molecule has 0 aliphatic rings. The van der Waals surface area contributed by atoms with Gasteiger partial charge < -0.3 is 19.8 Å². The number of anilines is 1. The van der Waals surface area contributed by atoms with Gasteiger partial charge >= 0.3 is 0 Å². The minimum Gasteiger partial charge on any atom is -0.432 e. The third kappa shape index (κ3) is 3.78. The highest BCUT2D eigenvalue weighted by Gasteiger charge is 2.14. The molecule has 1 heterocycles. The molecule has 2 aromatic rings. The number of aromatic nitrogens is 1. The first-order valence-electron chi connectivity index (χ1n) is 7.84. The molecule has 0 spiro atoms. The Labute approximate surface area is 136 Å². The number of aryl methyl sites for hydroxylation is 3. The van der Waals surface area contributed by atoms with E-state index in [4.69, 9.17) is 16.6 Å². The lowest BCUT2D eigenvalue weighted by Gasteiger charge is -2.18. The summed E-state index contributed by atoms with van der Waals surface area (Å²) in [4.78, 5) is 3.05. The number of aliphatic hydroxyl groups is 1. The van der Waals surface area contributed by atoms with E-state index in [1.807, 2.05) is 0 Å². The molecule has 5 heteroatoms. The molecule has 1 unspecified atom stereocenters. The molecule has 22 heavy (non-hydrogen) atoms. The van der Waals surface area contributed by atoms with Crippen molar-refractivity contribution in [2.45, 2.75) is 46.1 Å². The molecule has 2 rings (SSSR count).